The smallest absolute Gasteiger partial charge is 0.326 e. The van der Waals surface area contributed by atoms with E-state index in [9.17, 15) is 9.59 Å². The van der Waals surface area contributed by atoms with Gasteiger partial charge in [-0.05, 0) is 31.0 Å². The topological polar surface area (TPSA) is 109 Å². The van der Waals surface area contributed by atoms with Gasteiger partial charge in [0.05, 0.1) is 30.4 Å². The van der Waals surface area contributed by atoms with E-state index in [0.29, 0.717) is 30.0 Å². The Bertz CT molecular complexity index is 1270. The SMILES string of the molecule is COc1ncccc1C(=O)N1CCC[C@@H](n2c(=O)[nH]c3cnc4[nH]ccc4c32)C1. The number of piperidine rings is 1. The number of methoxy groups -OCH3 is 1. The van der Waals surface area contributed by atoms with Gasteiger partial charge < -0.3 is 19.6 Å². The molecule has 5 heterocycles. The number of carbonyl (C=O) groups excluding carboxylic acids is 1. The van der Waals surface area contributed by atoms with Crippen molar-refractivity contribution < 1.29 is 9.53 Å². The van der Waals surface area contributed by atoms with E-state index in [2.05, 4.69) is 19.9 Å². The predicted octanol–water partition coefficient (Wildman–Crippen LogP) is 2.09. The molecule has 0 spiro atoms. The van der Waals surface area contributed by atoms with Crippen LogP contribution in [0.4, 0.5) is 0 Å². The molecule has 1 aliphatic rings. The number of H-pyrrole nitrogens is 2. The summed E-state index contributed by atoms with van der Waals surface area (Å²) in [7, 11) is 1.50. The molecule has 148 valence electrons. The minimum Gasteiger partial charge on any atom is -0.480 e. The van der Waals surface area contributed by atoms with Crippen molar-refractivity contribution in [2.45, 2.75) is 18.9 Å². The molecular weight excluding hydrogens is 372 g/mol. The van der Waals surface area contributed by atoms with Crippen LogP contribution in [0.15, 0.2) is 41.6 Å². The van der Waals surface area contributed by atoms with Crippen LogP contribution in [0.25, 0.3) is 22.1 Å². The molecule has 4 aromatic rings. The monoisotopic (exact) mass is 392 g/mol. The third kappa shape index (κ3) is 2.77. The number of likely N-dealkylation sites (tertiary alicyclic amines) is 1. The van der Waals surface area contributed by atoms with E-state index in [4.69, 9.17) is 4.74 Å². The standard InChI is InChI=1S/C20H20N6O3/c1-29-18-14(5-2-7-22-18)19(27)25-9-3-4-12(11-25)26-16-13-6-8-21-17(13)23-10-15(16)24-20(26)28/h2,5-8,10,12H,3-4,9,11H2,1H3,(H,21,23)(H,24,28)/t12-/m1/s1. The van der Waals surface area contributed by atoms with E-state index < -0.39 is 0 Å². The molecular formula is C20H20N6O3. The second kappa shape index (κ2) is 6.77. The minimum atomic E-state index is -0.186. The number of fused-ring (bicyclic) bond motifs is 3. The summed E-state index contributed by atoms with van der Waals surface area (Å²) in [4.78, 5) is 42.1. The number of hydrogen-bond donors (Lipinski definition) is 2. The quantitative estimate of drug-likeness (QED) is 0.555. The van der Waals surface area contributed by atoms with E-state index in [1.165, 1.54) is 7.11 Å². The number of aromatic nitrogens is 5. The Labute approximate surface area is 165 Å². The van der Waals surface area contributed by atoms with E-state index in [-0.39, 0.29) is 17.6 Å². The Kier molecular flexibility index (Phi) is 4.08. The predicted molar refractivity (Wildman–Crippen MR) is 107 cm³/mol. The van der Waals surface area contributed by atoms with Crippen molar-refractivity contribution in [1.29, 1.82) is 0 Å². The average molecular weight is 392 g/mol. The Morgan fingerprint density at radius 2 is 2.21 bits per heavy atom. The third-order valence-electron chi connectivity index (χ3n) is 5.50. The van der Waals surface area contributed by atoms with Gasteiger partial charge in [0.25, 0.3) is 5.91 Å². The van der Waals surface area contributed by atoms with Gasteiger partial charge in [-0.1, -0.05) is 0 Å². The minimum absolute atomic E-state index is 0.128. The highest BCUT2D eigenvalue weighted by Gasteiger charge is 2.29. The van der Waals surface area contributed by atoms with Crippen LogP contribution in [-0.4, -0.2) is 55.5 Å². The first-order valence-electron chi connectivity index (χ1n) is 9.52. The number of nitrogens with one attached hydrogen (secondary N) is 2. The maximum absolute atomic E-state index is 13.1. The van der Waals surface area contributed by atoms with Crippen LogP contribution in [0.2, 0.25) is 0 Å². The van der Waals surface area contributed by atoms with Crippen molar-refractivity contribution in [2.24, 2.45) is 0 Å². The van der Waals surface area contributed by atoms with Gasteiger partial charge in [-0.3, -0.25) is 9.36 Å². The van der Waals surface area contributed by atoms with Gasteiger partial charge in [0, 0.05) is 30.9 Å². The number of amides is 1. The second-order valence-corrected chi connectivity index (χ2v) is 7.17. The number of aromatic amines is 2. The molecule has 0 saturated carbocycles. The molecule has 0 radical (unpaired) electrons. The fourth-order valence-electron chi connectivity index (χ4n) is 4.21. The van der Waals surface area contributed by atoms with Crippen molar-refractivity contribution in [1.82, 2.24) is 29.4 Å². The van der Waals surface area contributed by atoms with Crippen molar-refractivity contribution >= 4 is 28.0 Å². The van der Waals surface area contributed by atoms with Crippen LogP contribution in [0.5, 0.6) is 5.88 Å². The molecule has 1 aliphatic heterocycles. The molecule has 4 aromatic heterocycles. The summed E-state index contributed by atoms with van der Waals surface area (Å²) in [5.41, 5.74) is 2.49. The fourth-order valence-corrected chi connectivity index (χ4v) is 4.21. The van der Waals surface area contributed by atoms with E-state index in [1.807, 2.05) is 12.3 Å². The summed E-state index contributed by atoms with van der Waals surface area (Å²) in [6.45, 7) is 1.07. The molecule has 1 saturated heterocycles. The Hall–Kier alpha value is -3.62. The lowest BCUT2D eigenvalue weighted by atomic mass is 10.0. The number of nitrogens with zero attached hydrogens (tertiary/aromatic N) is 4. The first-order chi connectivity index (χ1) is 14.2. The highest BCUT2D eigenvalue weighted by molar-refractivity contribution is 6.01. The Morgan fingerprint density at radius 3 is 3.07 bits per heavy atom. The Balaban J connectivity index is 1.53. The van der Waals surface area contributed by atoms with Crippen molar-refractivity contribution in [3.63, 3.8) is 0 Å². The van der Waals surface area contributed by atoms with E-state index >= 15 is 0 Å². The van der Waals surface area contributed by atoms with Crippen molar-refractivity contribution in [2.75, 3.05) is 20.2 Å². The molecule has 9 heteroatoms. The molecule has 2 N–H and O–H groups in total. The molecule has 1 amide bonds. The van der Waals surface area contributed by atoms with Crippen LogP contribution in [0.3, 0.4) is 0 Å². The highest BCUT2D eigenvalue weighted by atomic mass is 16.5. The zero-order chi connectivity index (χ0) is 20.0. The van der Waals surface area contributed by atoms with Crippen molar-refractivity contribution in [3.8, 4) is 5.88 Å². The Morgan fingerprint density at radius 1 is 1.31 bits per heavy atom. The second-order valence-electron chi connectivity index (χ2n) is 7.17. The number of rotatable bonds is 3. The van der Waals surface area contributed by atoms with Crippen molar-refractivity contribution in [3.05, 3.63) is 52.8 Å². The molecule has 0 unspecified atom stereocenters. The zero-order valence-electron chi connectivity index (χ0n) is 15.9. The summed E-state index contributed by atoms with van der Waals surface area (Å²) in [5, 5.41) is 0.887. The number of ether oxygens (including phenoxy) is 1. The van der Waals surface area contributed by atoms with E-state index in [0.717, 1.165) is 29.4 Å². The molecule has 0 aliphatic carbocycles. The van der Waals surface area contributed by atoms with Crippen LogP contribution >= 0.6 is 0 Å². The molecule has 29 heavy (non-hydrogen) atoms. The lowest BCUT2D eigenvalue weighted by Gasteiger charge is -2.33. The lowest BCUT2D eigenvalue weighted by molar-refractivity contribution is 0.0675. The average Bonchev–Trinajstić information content (AvgIpc) is 3.36. The molecule has 0 aromatic carbocycles. The summed E-state index contributed by atoms with van der Waals surface area (Å²) < 4.78 is 7.01. The normalized spacial score (nSPS) is 17.1. The molecule has 1 fully saturated rings. The number of imidazole rings is 1. The fraction of sp³-hybridized carbons (Fsp3) is 0.300. The van der Waals surface area contributed by atoms with Crippen LogP contribution in [-0.2, 0) is 0 Å². The van der Waals surface area contributed by atoms with Gasteiger partial charge in [-0.2, -0.15) is 0 Å². The van der Waals surface area contributed by atoms with Gasteiger partial charge in [-0.25, -0.2) is 14.8 Å². The van der Waals surface area contributed by atoms with Crippen LogP contribution in [0.1, 0.15) is 29.2 Å². The molecule has 5 rings (SSSR count). The van der Waals surface area contributed by atoms with Gasteiger partial charge >= 0.3 is 5.69 Å². The highest BCUT2D eigenvalue weighted by Crippen LogP contribution is 2.29. The maximum atomic E-state index is 13.1. The third-order valence-corrected chi connectivity index (χ3v) is 5.50. The first-order valence-corrected chi connectivity index (χ1v) is 9.52. The number of carbonyl (C=O) groups is 1. The summed E-state index contributed by atoms with van der Waals surface area (Å²) in [6.07, 6.45) is 6.69. The van der Waals surface area contributed by atoms with Crippen LogP contribution < -0.4 is 10.4 Å². The maximum Gasteiger partial charge on any atom is 0.326 e. The zero-order valence-corrected chi connectivity index (χ0v) is 15.9. The van der Waals surface area contributed by atoms with Gasteiger partial charge in [0.1, 0.15) is 11.2 Å². The van der Waals surface area contributed by atoms with Gasteiger partial charge in [0.15, 0.2) is 0 Å². The van der Waals surface area contributed by atoms with Gasteiger partial charge in [-0.15, -0.1) is 0 Å². The largest absolute Gasteiger partial charge is 0.480 e. The summed E-state index contributed by atoms with van der Waals surface area (Å²) in [6, 6.07) is 5.22. The van der Waals surface area contributed by atoms with Crippen LogP contribution in [0, 0.1) is 0 Å². The molecule has 9 nitrogen and oxygen atoms in total. The van der Waals surface area contributed by atoms with E-state index in [1.54, 1.807) is 34.0 Å². The van der Waals surface area contributed by atoms with Gasteiger partial charge in [0.2, 0.25) is 5.88 Å². The molecule has 0 bridgehead atoms. The molecule has 1 atom stereocenters. The summed E-state index contributed by atoms with van der Waals surface area (Å²) in [5.74, 6) is 0.171. The summed E-state index contributed by atoms with van der Waals surface area (Å²) >= 11 is 0. The lowest BCUT2D eigenvalue weighted by Crippen LogP contribution is -2.42. The number of pyridine rings is 2. The number of hydrogen-bond acceptors (Lipinski definition) is 5. The first kappa shape index (κ1) is 17.5.